The molecular weight excluding hydrogens is 386 g/mol. The van der Waals surface area contributed by atoms with E-state index in [1.807, 2.05) is 0 Å². The largest absolute Gasteiger partial charge is 0.451 e. The Morgan fingerprint density at radius 1 is 1.07 bits per heavy atom. The van der Waals surface area contributed by atoms with Gasteiger partial charge in [0, 0.05) is 29.6 Å². The van der Waals surface area contributed by atoms with Crippen molar-refractivity contribution in [2.75, 3.05) is 19.8 Å². The monoisotopic (exact) mass is 405 g/mol. The number of carbonyl (C=O) groups is 3. The van der Waals surface area contributed by atoms with E-state index in [2.05, 4.69) is 0 Å². The highest BCUT2D eigenvalue weighted by atomic mass is 35.5. The van der Waals surface area contributed by atoms with Crippen LogP contribution in [0, 0.1) is 0 Å². The second-order valence-corrected chi connectivity index (χ2v) is 7.45. The SMILES string of the molecule is C[C@@H](OC(=O)c1ccccc1SCC(=O)N(C)C)C(=O)c1ccc(Cl)cc1. The van der Waals surface area contributed by atoms with Gasteiger partial charge in [-0.2, -0.15) is 0 Å². The smallest absolute Gasteiger partial charge is 0.339 e. The van der Waals surface area contributed by atoms with E-state index < -0.39 is 12.1 Å². The minimum absolute atomic E-state index is 0.0607. The van der Waals surface area contributed by atoms with Gasteiger partial charge in [0.25, 0.3) is 0 Å². The minimum atomic E-state index is -0.944. The molecule has 0 N–H and O–H groups in total. The van der Waals surface area contributed by atoms with Crippen molar-refractivity contribution in [3.05, 3.63) is 64.7 Å². The summed E-state index contributed by atoms with van der Waals surface area (Å²) in [6.45, 7) is 1.53. The molecule has 7 heteroatoms. The molecule has 0 aliphatic carbocycles. The summed E-state index contributed by atoms with van der Waals surface area (Å²) in [5, 5.41) is 0.523. The molecule has 0 bridgehead atoms. The predicted octanol–water partition coefficient (Wildman–Crippen LogP) is 3.95. The Labute approximate surface area is 167 Å². The van der Waals surface area contributed by atoms with Crippen LogP contribution in [0.25, 0.3) is 0 Å². The first-order valence-corrected chi connectivity index (χ1v) is 9.58. The van der Waals surface area contributed by atoms with Crippen LogP contribution in [0.3, 0.4) is 0 Å². The molecule has 0 aliphatic rings. The number of rotatable bonds is 7. The summed E-state index contributed by atoms with van der Waals surface area (Å²) in [4.78, 5) is 38.9. The second kappa shape index (κ2) is 9.58. The number of Topliss-reactive ketones (excluding diaryl/α,β-unsaturated/α-hetero) is 1. The number of carbonyl (C=O) groups excluding carboxylic acids is 3. The van der Waals surface area contributed by atoms with E-state index in [0.29, 0.717) is 21.0 Å². The van der Waals surface area contributed by atoms with E-state index in [1.165, 1.54) is 23.6 Å². The third kappa shape index (κ3) is 5.84. The van der Waals surface area contributed by atoms with Gasteiger partial charge in [0.15, 0.2) is 6.10 Å². The average molecular weight is 406 g/mol. The zero-order valence-electron chi connectivity index (χ0n) is 15.3. The van der Waals surface area contributed by atoms with Crippen LogP contribution in [0.2, 0.25) is 5.02 Å². The van der Waals surface area contributed by atoms with Crippen molar-refractivity contribution in [2.24, 2.45) is 0 Å². The van der Waals surface area contributed by atoms with E-state index in [9.17, 15) is 14.4 Å². The molecule has 0 aliphatic heterocycles. The van der Waals surface area contributed by atoms with Gasteiger partial charge in [0.05, 0.1) is 11.3 Å². The highest BCUT2D eigenvalue weighted by molar-refractivity contribution is 8.00. The van der Waals surface area contributed by atoms with Gasteiger partial charge in [-0.1, -0.05) is 23.7 Å². The van der Waals surface area contributed by atoms with Crippen molar-refractivity contribution in [3.8, 4) is 0 Å². The third-order valence-electron chi connectivity index (χ3n) is 3.74. The lowest BCUT2D eigenvalue weighted by atomic mass is 10.1. The standard InChI is InChI=1S/C20H20ClNO4S/c1-13(19(24)14-8-10-15(21)11-9-14)26-20(25)16-6-4-5-7-17(16)27-12-18(23)22(2)3/h4-11,13H,12H2,1-3H3/t13-/m1/s1. The van der Waals surface area contributed by atoms with E-state index in [-0.39, 0.29) is 17.4 Å². The third-order valence-corrected chi connectivity index (χ3v) is 5.05. The number of nitrogens with zero attached hydrogens (tertiary/aromatic N) is 1. The normalized spacial score (nSPS) is 11.6. The van der Waals surface area contributed by atoms with Crippen LogP contribution in [0.5, 0.6) is 0 Å². The fourth-order valence-corrected chi connectivity index (χ4v) is 3.30. The van der Waals surface area contributed by atoms with Crippen LogP contribution in [-0.4, -0.2) is 48.5 Å². The summed E-state index contributed by atoms with van der Waals surface area (Å²) in [7, 11) is 3.35. The van der Waals surface area contributed by atoms with Gasteiger partial charge in [0.1, 0.15) is 0 Å². The van der Waals surface area contributed by atoms with Crippen LogP contribution >= 0.6 is 23.4 Å². The lowest BCUT2D eigenvalue weighted by Crippen LogP contribution is -2.25. The zero-order valence-corrected chi connectivity index (χ0v) is 16.8. The van der Waals surface area contributed by atoms with Gasteiger partial charge >= 0.3 is 5.97 Å². The Balaban J connectivity index is 2.07. The molecule has 1 amide bonds. The maximum Gasteiger partial charge on any atom is 0.339 e. The topological polar surface area (TPSA) is 63.7 Å². The average Bonchev–Trinajstić information content (AvgIpc) is 2.66. The number of amides is 1. The summed E-state index contributed by atoms with van der Waals surface area (Å²) in [6, 6.07) is 13.2. The summed E-state index contributed by atoms with van der Waals surface area (Å²) < 4.78 is 5.35. The predicted molar refractivity (Wildman–Crippen MR) is 107 cm³/mol. The highest BCUT2D eigenvalue weighted by Crippen LogP contribution is 2.24. The maximum absolute atomic E-state index is 12.5. The lowest BCUT2D eigenvalue weighted by molar-refractivity contribution is -0.125. The first-order valence-electron chi connectivity index (χ1n) is 8.22. The number of halogens is 1. The number of hydrogen-bond acceptors (Lipinski definition) is 5. The molecule has 2 aromatic carbocycles. The van der Waals surface area contributed by atoms with Gasteiger partial charge < -0.3 is 9.64 Å². The molecule has 0 saturated heterocycles. The van der Waals surface area contributed by atoms with E-state index in [1.54, 1.807) is 62.6 Å². The summed E-state index contributed by atoms with van der Waals surface area (Å²) in [6.07, 6.45) is -0.944. The Morgan fingerprint density at radius 2 is 1.70 bits per heavy atom. The second-order valence-electron chi connectivity index (χ2n) is 5.99. The molecule has 0 spiro atoms. The van der Waals surface area contributed by atoms with Crippen molar-refractivity contribution in [2.45, 2.75) is 17.9 Å². The molecular formula is C20H20ClNO4S. The van der Waals surface area contributed by atoms with Gasteiger partial charge in [-0.15, -0.1) is 11.8 Å². The Kier molecular flexibility index (Phi) is 7.45. The molecule has 0 saturated carbocycles. The number of ketones is 1. The van der Waals surface area contributed by atoms with Crippen LogP contribution in [0.15, 0.2) is 53.4 Å². The number of benzene rings is 2. The van der Waals surface area contributed by atoms with Crippen molar-refractivity contribution in [1.29, 1.82) is 0 Å². The molecule has 2 rings (SSSR count). The van der Waals surface area contributed by atoms with Crippen LogP contribution in [0.1, 0.15) is 27.6 Å². The lowest BCUT2D eigenvalue weighted by Gasteiger charge is -2.15. The van der Waals surface area contributed by atoms with Gasteiger partial charge in [-0.05, 0) is 43.3 Å². The van der Waals surface area contributed by atoms with E-state index in [0.717, 1.165) is 0 Å². The fourth-order valence-electron chi connectivity index (χ4n) is 2.16. The molecule has 1 atom stereocenters. The Morgan fingerprint density at radius 3 is 2.33 bits per heavy atom. The first-order chi connectivity index (χ1) is 12.8. The molecule has 27 heavy (non-hydrogen) atoms. The van der Waals surface area contributed by atoms with E-state index in [4.69, 9.17) is 16.3 Å². The van der Waals surface area contributed by atoms with Crippen molar-refractivity contribution in [1.82, 2.24) is 4.90 Å². The first kappa shape index (κ1) is 21.0. The minimum Gasteiger partial charge on any atom is -0.451 e. The summed E-state index contributed by atoms with van der Waals surface area (Å²) in [5.41, 5.74) is 0.740. The molecule has 0 heterocycles. The number of esters is 1. The van der Waals surface area contributed by atoms with Gasteiger partial charge in [0.2, 0.25) is 11.7 Å². The van der Waals surface area contributed by atoms with Crippen LogP contribution < -0.4 is 0 Å². The fraction of sp³-hybridized carbons (Fsp3) is 0.250. The number of thioether (sulfide) groups is 1. The van der Waals surface area contributed by atoms with E-state index >= 15 is 0 Å². The molecule has 0 fully saturated rings. The van der Waals surface area contributed by atoms with Gasteiger partial charge in [-0.3, -0.25) is 9.59 Å². The quantitative estimate of drug-likeness (QED) is 0.396. The molecule has 0 aromatic heterocycles. The molecule has 5 nitrogen and oxygen atoms in total. The zero-order chi connectivity index (χ0) is 20.0. The van der Waals surface area contributed by atoms with Crippen molar-refractivity contribution >= 4 is 41.0 Å². The molecule has 142 valence electrons. The molecule has 0 unspecified atom stereocenters. The number of ether oxygens (including phenoxy) is 1. The van der Waals surface area contributed by atoms with Crippen molar-refractivity contribution < 1.29 is 19.1 Å². The maximum atomic E-state index is 12.5. The molecule has 0 radical (unpaired) electrons. The summed E-state index contributed by atoms with van der Waals surface area (Å²) in [5.74, 6) is -0.774. The van der Waals surface area contributed by atoms with Gasteiger partial charge in [-0.25, -0.2) is 4.79 Å². The Bertz CT molecular complexity index is 836. The highest BCUT2D eigenvalue weighted by Gasteiger charge is 2.22. The van der Waals surface area contributed by atoms with Crippen molar-refractivity contribution in [3.63, 3.8) is 0 Å². The van der Waals surface area contributed by atoms with Crippen LogP contribution in [0.4, 0.5) is 0 Å². The van der Waals surface area contributed by atoms with Crippen LogP contribution in [-0.2, 0) is 9.53 Å². The number of hydrogen-bond donors (Lipinski definition) is 0. The molecule has 2 aromatic rings. The Hall–Kier alpha value is -2.31. The summed E-state index contributed by atoms with van der Waals surface area (Å²) >= 11 is 7.08.